The molecule has 2 aromatic rings. The van der Waals surface area contributed by atoms with Crippen LogP contribution >= 0.6 is 0 Å². The van der Waals surface area contributed by atoms with Gasteiger partial charge >= 0.3 is 0 Å². The molecule has 1 saturated carbocycles. The third kappa shape index (κ3) is 1.54. The van der Waals surface area contributed by atoms with Crippen molar-refractivity contribution in [2.24, 2.45) is 5.92 Å². The summed E-state index contributed by atoms with van der Waals surface area (Å²) in [5.74, 6) is 1.52. The summed E-state index contributed by atoms with van der Waals surface area (Å²) in [6.45, 7) is 0.926. The van der Waals surface area contributed by atoms with Gasteiger partial charge in [-0.2, -0.15) is 0 Å². The molecule has 0 atom stereocenters. The van der Waals surface area contributed by atoms with E-state index in [1.165, 1.54) is 19.2 Å². The minimum Gasteiger partial charge on any atom is -0.369 e. The van der Waals surface area contributed by atoms with E-state index in [0.29, 0.717) is 11.2 Å². The third-order valence-corrected chi connectivity index (χ3v) is 2.88. The van der Waals surface area contributed by atoms with E-state index in [-0.39, 0.29) is 0 Å². The van der Waals surface area contributed by atoms with Crippen LogP contribution in [0.2, 0.25) is 0 Å². The van der Waals surface area contributed by atoms with Crippen LogP contribution < -0.4 is 5.32 Å². The molecule has 5 nitrogen and oxygen atoms in total. The zero-order valence-electron chi connectivity index (χ0n) is 8.73. The molecule has 0 amide bonds. The van der Waals surface area contributed by atoms with Crippen LogP contribution in [0.1, 0.15) is 23.2 Å². The maximum Gasteiger partial charge on any atom is 0.152 e. The molecule has 0 unspecified atom stereocenters. The highest BCUT2D eigenvalue weighted by molar-refractivity contribution is 6.01. The van der Waals surface area contributed by atoms with Crippen molar-refractivity contribution >= 4 is 23.1 Å². The fourth-order valence-electron chi connectivity index (χ4n) is 1.78. The Morgan fingerprint density at radius 1 is 1.50 bits per heavy atom. The van der Waals surface area contributed by atoms with Crippen LogP contribution in [0, 0.1) is 5.92 Å². The minimum absolute atomic E-state index is 0.605. The molecule has 1 fully saturated rings. The van der Waals surface area contributed by atoms with Crippen LogP contribution in [-0.2, 0) is 0 Å². The number of fused-ring (bicyclic) bond motifs is 1. The van der Waals surface area contributed by atoms with Gasteiger partial charge in [-0.25, -0.2) is 9.97 Å². The zero-order valence-corrected chi connectivity index (χ0v) is 8.73. The summed E-state index contributed by atoms with van der Waals surface area (Å²) in [6, 6.07) is 0. The average molecular weight is 216 g/mol. The first-order valence-electron chi connectivity index (χ1n) is 5.39. The van der Waals surface area contributed by atoms with Crippen LogP contribution in [0.25, 0.3) is 11.0 Å². The molecule has 0 radical (unpaired) electrons. The summed E-state index contributed by atoms with van der Waals surface area (Å²) >= 11 is 0. The predicted molar refractivity (Wildman–Crippen MR) is 60.5 cm³/mol. The number of carbonyl (C=O) groups is 1. The normalized spacial score (nSPS) is 15.2. The molecule has 0 saturated heterocycles. The molecule has 2 aromatic heterocycles. The molecule has 82 valence electrons. The Kier molecular flexibility index (Phi) is 2.09. The van der Waals surface area contributed by atoms with Crippen molar-refractivity contribution in [1.82, 2.24) is 15.0 Å². The summed E-state index contributed by atoms with van der Waals surface area (Å²) in [6.07, 6.45) is 6.56. The van der Waals surface area contributed by atoms with Crippen molar-refractivity contribution < 1.29 is 4.79 Å². The van der Waals surface area contributed by atoms with Crippen molar-refractivity contribution in [3.63, 3.8) is 0 Å². The molecule has 2 heterocycles. The van der Waals surface area contributed by atoms with Gasteiger partial charge in [0.1, 0.15) is 17.8 Å². The van der Waals surface area contributed by atoms with Crippen LogP contribution in [0.5, 0.6) is 0 Å². The number of carbonyl (C=O) groups excluding carboxylic acids is 1. The third-order valence-electron chi connectivity index (χ3n) is 2.88. The van der Waals surface area contributed by atoms with Gasteiger partial charge in [0, 0.05) is 18.3 Å². The summed E-state index contributed by atoms with van der Waals surface area (Å²) in [5, 5.41) is 4.07. The second-order valence-electron chi connectivity index (χ2n) is 4.13. The second kappa shape index (κ2) is 3.59. The van der Waals surface area contributed by atoms with Gasteiger partial charge in [-0.15, -0.1) is 0 Å². The fourth-order valence-corrected chi connectivity index (χ4v) is 1.78. The molecule has 0 aliphatic heterocycles. The number of H-pyrrole nitrogens is 1. The lowest BCUT2D eigenvalue weighted by molar-refractivity contribution is 0.112. The molecule has 16 heavy (non-hydrogen) atoms. The van der Waals surface area contributed by atoms with Crippen LogP contribution in [-0.4, -0.2) is 27.8 Å². The lowest BCUT2D eigenvalue weighted by atomic mass is 10.2. The van der Waals surface area contributed by atoms with E-state index in [4.69, 9.17) is 0 Å². The molecule has 1 aliphatic carbocycles. The highest BCUT2D eigenvalue weighted by atomic mass is 16.1. The first-order valence-corrected chi connectivity index (χ1v) is 5.39. The number of anilines is 1. The average Bonchev–Trinajstić information content (AvgIpc) is 3.04. The summed E-state index contributed by atoms with van der Waals surface area (Å²) in [7, 11) is 0. The van der Waals surface area contributed by atoms with E-state index in [0.717, 1.165) is 30.0 Å². The van der Waals surface area contributed by atoms with Gasteiger partial charge in [-0.1, -0.05) is 0 Å². The SMILES string of the molecule is O=Cc1c[nH]c2ncnc(NCC3CC3)c12. The first kappa shape index (κ1) is 9.33. The summed E-state index contributed by atoms with van der Waals surface area (Å²) in [4.78, 5) is 22.1. The topological polar surface area (TPSA) is 70.7 Å². The highest BCUT2D eigenvalue weighted by Crippen LogP contribution is 2.30. The fraction of sp³-hybridized carbons (Fsp3) is 0.364. The zero-order chi connectivity index (χ0) is 11.0. The van der Waals surface area contributed by atoms with Gasteiger partial charge in [-0.05, 0) is 18.8 Å². The Morgan fingerprint density at radius 2 is 2.38 bits per heavy atom. The number of rotatable bonds is 4. The molecule has 2 N–H and O–H groups in total. The Balaban J connectivity index is 1.99. The first-order chi connectivity index (χ1) is 7.88. The Hall–Kier alpha value is -1.91. The van der Waals surface area contributed by atoms with Crippen LogP contribution in [0.3, 0.4) is 0 Å². The second-order valence-corrected chi connectivity index (χ2v) is 4.13. The van der Waals surface area contributed by atoms with E-state index >= 15 is 0 Å². The van der Waals surface area contributed by atoms with Crippen molar-refractivity contribution in [2.45, 2.75) is 12.8 Å². The molecule has 3 rings (SSSR count). The number of aromatic amines is 1. The molecule has 0 aromatic carbocycles. The largest absolute Gasteiger partial charge is 0.369 e. The Labute approximate surface area is 92.3 Å². The van der Waals surface area contributed by atoms with E-state index in [1.807, 2.05) is 0 Å². The highest BCUT2D eigenvalue weighted by Gasteiger charge is 2.21. The standard InChI is InChI=1S/C11H12N4O/c16-5-8-4-13-11-9(8)10(14-6-15-11)12-3-7-1-2-7/h4-7H,1-3H2,(H2,12,13,14,15). The van der Waals surface area contributed by atoms with Gasteiger partial charge < -0.3 is 10.3 Å². The quantitative estimate of drug-likeness (QED) is 0.761. The smallest absolute Gasteiger partial charge is 0.152 e. The summed E-state index contributed by atoms with van der Waals surface area (Å²) in [5.41, 5.74) is 1.31. The van der Waals surface area contributed by atoms with Crippen molar-refractivity contribution in [3.8, 4) is 0 Å². The van der Waals surface area contributed by atoms with E-state index in [2.05, 4.69) is 20.3 Å². The molecular formula is C11H12N4O. The lowest BCUT2D eigenvalue weighted by Gasteiger charge is -2.05. The molecule has 1 aliphatic rings. The Bertz CT molecular complexity index is 530. The van der Waals surface area contributed by atoms with Crippen LogP contribution in [0.4, 0.5) is 5.82 Å². The predicted octanol–water partition coefficient (Wildman–Crippen LogP) is 1.59. The molecule has 0 spiro atoms. The number of aromatic nitrogens is 3. The number of nitrogens with zero attached hydrogens (tertiary/aromatic N) is 2. The number of hydrogen-bond donors (Lipinski definition) is 2. The molecule has 0 bridgehead atoms. The van der Waals surface area contributed by atoms with E-state index < -0.39 is 0 Å². The van der Waals surface area contributed by atoms with Crippen molar-refractivity contribution in [2.75, 3.05) is 11.9 Å². The maximum absolute atomic E-state index is 10.9. The lowest BCUT2D eigenvalue weighted by Crippen LogP contribution is -2.05. The van der Waals surface area contributed by atoms with Gasteiger partial charge in [-0.3, -0.25) is 4.79 Å². The number of nitrogens with one attached hydrogen (secondary N) is 2. The van der Waals surface area contributed by atoms with E-state index in [9.17, 15) is 4.79 Å². The summed E-state index contributed by atoms with van der Waals surface area (Å²) < 4.78 is 0. The van der Waals surface area contributed by atoms with Gasteiger partial charge in [0.15, 0.2) is 6.29 Å². The van der Waals surface area contributed by atoms with Gasteiger partial charge in [0.25, 0.3) is 0 Å². The van der Waals surface area contributed by atoms with Crippen molar-refractivity contribution in [3.05, 3.63) is 18.1 Å². The number of hydrogen-bond acceptors (Lipinski definition) is 4. The maximum atomic E-state index is 10.9. The van der Waals surface area contributed by atoms with Gasteiger partial charge in [0.2, 0.25) is 0 Å². The molecule has 5 heteroatoms. The van der Waals surface area contributed by atoms with Crippen LogP contribution in [0.15, 0.2) is 12.5 Å². The number of aldehydes is 1. The van der Waals surface area contributed by atoms with Crippen molar-refractivity contribution in [1.29, 1.82) is 0 Å². The minimum atomic E-state index is 0.605. The molecular weight excluding hydrogens is 204 g/mol. The monoisotopic (exact) mass is 216 g/mol. The van der Waals surface area contributed by atoms with E-state index in [1.54, 1.807) is 6.20 Å². The van der Waals surface area contributed by atoms with Gasteiger partial charge in [0.05, 0.1) is 5.39 Å². The Morgan fingerprint density at radius 3 is 3.12 bits per heavy atom.